The molecule has 0 aromatic heterocycles. The van der Waals surface area contributed by atoms with Crippen molar-refractivity contribution in [2.75, 3.05) is 39.5 Å². The Kier molecular flexibility index (Phi) is 6.88. The molecular weight excluding hydrogens is 452 g/mol. The highest BCUT2D eigenvalue weighted by Crippen LogP contribution is 2.46. The Morgan fingerprint density at radius 1 is 1.27 bits per heavy atom. The fourth-order valence-electron chi connectivity index (χ4n) is 4.74. The number of aliphatic hydroxyl groups excluding tert-OH is 2. The van der Waals surface area contributed by atoms with Crippen LogP contribution in [0, 0.1) is 0 Å². The molecule has 1 aromatic carbocycles. The average molecular weight is 485 g/mol. The van der Waals surface area contributed by atoms with Crippen molar-refractivity contribution in [3.05, 3.63) is 24.3 Å². The summed E-state index contributed by atoms with van der Waals surface area (Å²) in [6.07, 6.45) is 0.880. The number of amides is 1. The van der Waals surface area contributed by atoms with Gasteiger partial charge in [-0.2, -0.15) is 0 Å². The number of aliphatic hydroxyl groups is 2. The lowest BCUT2D eigenvalue weighted by molar-refractivity contribution is -0.0205. The fourth-order valence-corrected chi connectivity index (χ4v) is 6.58. The first kappa shape index (κ1) is 24.2. The minimum atomic E-state index is -3.69. The summed E-state index contributed by atoms with van der Waals surface area (Å²) in [5.74, 6) is 0.253. The van der Waals surface area contributed by atoms with Crippen molar-refractivity contribution >= 4 is 15.9 Å². The third-order valence-electron chi connectivity index (χ3n) is 7.02. The normalized spacial score (nSPS) is 24.4. The highest BCUT2D eigenvalue weighted by Gasteiger charge is 2.54. The Morgan fingerprint density at radius 3 is 2.64 bits per heavy atom. The Labute approximate surface area is 193 Å². The molecule has 2 aliphatic heterocycles. The highest BCUT2D eigenvalue weighted by molar-refractivity contribution is 7.93. The van der Waals surface area contributed by atoms with Crippen molar-refractivity contribution in [1.29, 1.82) is 0 Å². The number of nitrogens with zero attached hydrogens (tertiary/aromatic N) is 1. The minimum absolute atomic E-state index is 0.0589. The van der Waals surface area contributed by atoms with Crippen LogP contribution in [-0.4, -0.2) is 96.7 Å². The third-order valence-corrected chi connectivity index (χ3v) is 9.57. The number of sulfone groups is 1. The van der Waals surface area contributed by atoms with E-state index < -0.39 is 33.4 Å². The van der Waals surface area contributed by atoms with Crippen molar-refractivity contribution in [2.45, 2.75) is 59.5 Å². The SMILES string of the molecule is O=C(O)N(CC(O)COc1cccc(S(=O)(=O)C2(CO)CC2)c1)C1COC2(CCNCC2)C1. The molecule has 2 unspecified atom stereocenters. The van der Waals surface area contributed by atoms with Crippen LogP contribution in [0.15, 0.2) is 29.2 Å². The number of piperidine rings is 1. The maximum atomic E-state index is 12.8. The molecule has 3 fully saturated rings. The van der Waals surface area contributed by atoms with Crippen molar-refractivity contribution < 1.29 is 38.0 Å². The van der Waals surface area contributed by atoms with E-state index in [2.05, 4.69) is 5.32 Å². The second-order valence-corrected chi connectivity index (χ2v) is 11.7. The van der Waals surface area contributed by atoms with Crippen LogP contribution in [0.25, 0.3) is 0 Å². The van der Waals surface area contributed by atoms with Crippen molar-refractivity contribution in [3.8, 4) is 5.75 Å². The number of benzene rings is 1. The molecule has 2 saturated heterocycles. The molecule has 11 heteroatoms. The molecule has 0 bridgehead atoms. The Balaban J connectivity index is 1.35. The standard InChI is InChI=1S/C22H32N2O8S/c25-15-22(4-5-22)33(29,30)19-3-1-2-18(10-19)31-14-17(26)12-24(20(27)28)16-11-21(32-13-16)6-8-23-9-7-21/h1-3,10,16-17,23,25-26H,4-9,11-15H2,(H,27,28). The molecule has 184 valence electrons. The molecule has 1 aromatic rings. The van der Waals surface area contributed by atoms with Crippen LogP contribution in [0.3, 0.4) is 0 Å². The summed E-state index contributed by atoms with van der Waals surface area (Å²) in [6.45, 7) is 1.22. The maximum absolute atomic E-state index is 12.8. The Bertz CT molecular complexity index is 959. The van der Waals surface area contributed by atoms with Gasteiger partial charge >= 0.3 is 6.09 Å². The van der Waals surface area contributed by atoms with Crippen LogP contribution in [0.1, 0.15) is 32.1 Å². The van der Waals surface area contributed by atoms with Crippen LogP contribution in [0.5, 0.6) is 5.75 Å². The number of carbonyl (C=O) groups is 1. The molecule has 1 amide bonds. The summed E-state index contributed by atoms with van der Waals surface area (Å²) in [6, 6.07) is 5.61. The number of hydrogen-bond acceptors (Lipinski definition) is 8. The lowest BCUT2D eigenvalue weighted by Crippen LogP contribution is -2.47. The van der Waals surface area contributed by atoms with Gasteiger partial charge in [-0.05, 0) is 63.4 Å². The van der Waals surface area contributed by atoms with E-state index in [4.69, 9.17) is 9.47 Å². The van der Waals surface area contributed by atoms with Crippen LogP contribution in [0.4, 0.5) is 4.79 Å². The summed E-state index contributed by atoms with van der Waals surface area (Å²) in [4.78, 5) is 13.1. The Hall–Kier alpha value is -1.92. The summed E-state index contributed by atoms with van der Waals surface area (Å²) >= 11 is 0. The van der Waals surface area contributed by atoms with Gasteiger partial charge in [-0.15, -0.1) is 0 Å². The summed E-state index contributed by atoms with van der Waals surface area (Å²) in [5, 5.41) is 32.9. The Morgan fingerprint density at radius 2 is 2.00 bits per heavy atom. The number of ether oxygens (including phenoxy) is 2. The van der Waals surface area contributed by atoms with Gasteiger partial charge in [0.25, 0.3) is 0 Å². The monoisotopic (exact) mass is 484 g/mol. The van der Waals surface area contributed by atoms with Gasteiger partial charge in [0.15, 0.2) is 9.84 Å². The van der Waals surface area contributed by atoms with Gasteiger partial charge in [-0.1, -0.05) is 6.07 Å². The van der Waals surface area contributed by atoms with Gasteiger partial charge in [0.1, 0.15) is 18.5 Å². The molecule has 33 heavy (non-hydrogen) atoms. The van der Waals surface area contributed by atoms with Crippen molar-refractivity contribution in [1.82, 2.24) is 10.2 Å². The first-order valence-corrected chi connectivity index (χ1v) is 12.8. The molecule has 1 spiro atoms. The fraction of sp³-hybridized carbons (Fsp3) is 0.682. The van der Waals surface area contributed by atoms with Crippen LogP contribution < -0.4 is 10.1 Å². The van der Waals surface area contributed by atoms with Crippen molar-refractivity contribution in [3.63, 3.8) is 0 Å². The second kappa shape index (κ2) is 9.38. The van der Waals surface area contributed by atoms with Gasteiger partial charge in [0.2, 0.25) is 0 Å². The molecule has 3 aliphatic rings. The van der Waals surface area contributed by atoms with E-state index in [1.807, 2.05) is 0 Å². The van der Waals surface area contributed by atoms with E-state index in [9.17, 15) is 28.5 Å². The van der Waals surface area contributed by atoms with Crippen LogP contribution in [-0.2, 0) is 14.6 Å². The number of nitrogens with one attached hydrogen (secondary N) is 1. The van der Waals surface area contributed by atoms with Crippen LogP contribution in [0.2, 0.25) is 0 Å². The molecule has 1 saturated carbocycles. The maximum Gasteiger partial charge on any atom is 0.407 e. The van der Waals surface area contributed by atoms with E-state index >= 15 is 0 Å². The molecule has 2 heterocycles. The number of hydrogen-bond donors (Lipinski definition) is 4. The van der Waals surface area contributed by atoms with E-state index in [-0.39, 0.29) is 35.4 Å². The smallest absolute Gasteiger partial charge is 0.407 e. The number of rotatable bonds is 9. The lowest BCUT2D eigenvalue weighted by atomic mass is 9.88. The predicted molar refractivity (Wildman–Crippen MR) is 118 cm³/mol. The summed E-state index contributed by atoms with van der Waals surface area (Å²) < 4.78 is 36.0. The van der Waals surface area contributed by atoms with E-state index in [1.165, 1.54) is 17.0 Å². The topological polar surface area (TPSA) is 146 Å². The van der Waals surface area contributed by atoms with Crippen molar-refractivity contribution in [2.24, 2.45) is 0 Å². The zero-order chi connectivity index (χ0) is 23.7. The zero-order valence-electron chi connectivity index (χ0n) is 18.5. The van der Waals surface area contributed by atoms with E-state index in [0.29, 0.717) is 25.9 Å². The molecule has 0 radical (unpaired) electrons. The number of carboxylic acid groups (broad SMARTS) is 1. The van der Waals surface area contributed by atoms with Gasteiger partial charge in [0.05, 0.1) is 41.0 Å². The summed E-state index contributed by atoms with van der Waals surface area (Å²) in [7, 11) is -3.69. The molecular formula is C22H32N2O8S. The highest BCUT2D eigenvalue weighted by atomic mass is 32.2. The van der Waals surface area contributed by atoms with E-state index in [0.717, 1.165) is 25.9 Å². The summed E-state index contributed by atoms with van der Waals surface area (Å²) in [5.41, 5.74) is -0.301. The quantitative estimate of drug-likeness (QED) is 0.396. The molecule has 4 rings (SSSR count). The largest absolute Gasteiger partial charge is 0.491 e. The average Bonchev–Trinajstić information content (AvgIpc) is 3.53. The minimum Gasteiger partial charge on any atom is -0.491 e. The van der Waals surface area contributed by atoms with Gasteiger partial charge in [-0.3, -0.25) is 0 Å². The van der Waals surface area contributed by atoms with Gasteiger partial charge in [-0.25, -0.2) is 13.2 Å². The first-order valence-electron chi connectivity index (χ1n) is 11.3. The molecule has 1 aliphatic carbocycles. The van der Waals surface area contributed by atoms with E-state index in [1.54, 1.807) is 12.1 Å². The predicted octanol–water partition coefficient (Wildman–Crippen LogP) is 0.616. The zero-order valence-corrected chi connectivity index (χ0v) is 19.3. The molecule has 4 N–H and O–H groups in total. The van der Waals surface area contributed by atoms with Gasteiger partial charge < -0.3 is 35.0 Å². The van der Waals surface area contributed by atoms with Crippen LogP contribution >= 0.6 is 0 Å². The first-order chi connectivity index (χ1) is 15.7. The van der Waals surface area contributed by atoms with Gasteiger partial charge in [0, 0.05) is 0 Å². The lowest BCUT2D eigenvalue weighted by Gasteiger charge is -2.34. The second-order valence-electron chi connectivity index (χ2n) is 9.32. The third kappa shape index (κ3) is 4.97. The molecule has 2 atom stereocenters. The molecule has 10 nitrogen and oxygen atoms in total.